The smallest absolute Gasteiger partial charge is 0.256 e. The standard InChI is InChI=1S/C34H33FN4O4/c35-25-17-23-30-33(31(25)38-14-5-1-2-6-15-38)43-29-18-22-21-9-3-4-10-27(21)42-28(22)19-26(29)39(30)20-24(32(23)40)34(41)36-11-16-37-12-7-8-13-37/h3-4,9-10,17-20H,1-2,5-8,11-16H2,(H,36,41). The number of aromatic nitrogens is 1. The number of ether oxygens (including phenoxy) is 1. The van der Waals surface area contributed by atoms with Crippen molar-refractivity contribution in [2.75, 3.05) is 44.2 Å². The van der Waals surface area contributed by atoms with Crippen LogP contribution in [0.3, 0.4) is 0 Å². The third-order valence-electron chi connectivity index (χ3n) is 9.18. The molecule has 5 aromatic rings. The van der Waals surface area contributed by atoms with E-state index in [0.717, 1.165) is 74.5 Å². The van der Waals surface area contributed by atoms with E-state index in [1.54, 1.807) is 6.20 Å². The van der Waals surface area contributed by atoms with Crippen molar-refractivity contribution in [3.05, 3.63) is 70.3 Å². The highest BCUT2D eigenvalue weighted by molar-refractivity contribution is 6.07. The third kappa shape index (κ3) is 4.36. The van der Waals surface area contributed by atoms with Crippen molar-refractivity contribution in [1.29, 1.82) is 0 Å². The Kier molecular flexibility index (Phi) is 6.36. The molecule has 0 spiro atoms. The number of carbonyl (C=O) groups is 1. The lowest BCUT2D eigenvalue weighted by atomic mass is 10.0. The van der Waals surface area contributed by atoms with Crippen LogP contribution in [-0.4, -0.2) is 54.6 Å². The minimum atomic E-state index is -0.516. The largest absolute Gasteiger partial charge is 0.456 e. The lowest BCUT2D eigenvalue weighted by molar-refractivity contribution is 0.0948. The zero-order valence-corrected chi connectivity index (χ0v) is 24.0. The van der Waals surface area contributed by atoms with Crippen LogP contribution in [0, 0.1) is 5.82 Å². The number of hydrogen-bond donors (Lipinski definition) is 1. The number of halogens is 1. The average Bonchev–Trinajstić information content (AvgIpc) is 3.57. The predicted octanol–water partition coefficient (Wildman–Crippen LogP) is 6.34. The monoisotopic (exact) mass is 580 g/mol. The van der Waals surface area contributed by atoms with Crippen LogP contribution in [0.2, 0.25) is 0 Å². The molecule has 2 saturated heterocycles. The summed E-state index contributed by atoms with van der Waals surface area (Å²) in [5.41, 5.74) is 2.32. The molecule has 0 radical (unpaired) electrons. The number of pyridine rings is 1. The van der Waals surface area contributed by atoms with Crippen molar-refractivity contribution in [3.8, 4) is 17.2 Å². The number of anilines is 1. The molecule has 2 fully saturated rings. The Morgan fingerprint density at radius 2 is 1.65 bits per heavy atom. The molecule has 0 aliphatic carbocycles. The fourth-order valence-corrected chi connectivity index (χ4v) is 7.00. The molecule has 9 heteroatoms. The summed E-state index contributed by atoms with van der Waals surface area (Å²) < 4.78 is 30.7. The van der Waals surface area contributed by atoms with E-state index in [2.05, 4.69) is 10.2 Å². The Hall–Kier alpha value is -4.37. The van der Waals surface area contributed by atoms with E-state index >= 15 is 4.39 Å². The molecular formula is C34H33FN4O4. The summed E-state index contributed by atoms with van der Waals surface area (Å²) >= 11 is 0. The zero-order chi connectivity index (χ0) is 29.1. The summed E-state index contributed by atoms with van der Waals surface area (Å²) in [4.78, 5) is 31.6. The SMILES string of the molecule is O=C(NCCN1CCCC1)c1cn2c3c(c(N4CCCCCC4)c(F)cc3c1=O)Oc1cc3c(cc1-2)oc1ccccc13. The van der Waals surface area contributed by atoms with E-state index in [4.69, 9.17) is 9.15 Å². The molecule has 0 saturated carbocycles. The molecule has 0 atom stereocenters. The quantitative estimate of drug-likeness (QED) is 0.256. The van der Waals surface area contributed by atoms with E-state index in [0.29, 0.717) is 53.6 Å². The number of rotatable bonds is 5. The average molecular weight is 581 g/mol. The number of hydrogen-bond acceptors (Lipinski definition) is 6. The highest BCUT2D eigenvalue weighted by Crippen LogP contribution is 2.48. The number of fused-ring (bicyclic) bond motifs is 5. The Morgan fingerprint density at radius 1 is 0.884 bits per heavy atom. The molecule has 43 heavy (non-hydrogen) atoms. The summed E-state index contributed by atoms with van der Waals surface area (Å²) in [6.07, 6.45) is 8.01. The van der Waals surface area contributed by atoms with E-state index in [-0.39, 0.29) is 10.9 Å². The maximum absolute atomic E-state index is 16.1. The fraction of sp³-hybridized carbons (Fsp3) is 0.353. The van der Waals surface area contributed by atoms with E-state index < -0.39 is 17.2 Å². The Labute approximate surface area is 247 Å². The first-order valence-electron chi connectivity index (χ1n) is 15.4. The number of carbonyl (C=O) groups excluding carboxylic acids is 1. The van der Waals surface area contributed by atoms with E-state index in [1.807, 2.05) is 45.9 Å². The van der Waals surface area contributed by atoms with Crippen LogP contribution in [0.1, 0.15) is 48.9 Å². The van der Waals surface area contributed by atoms with Crippen LogP contribution in [0.5, 0.6) is 11.5 Å². The maximum Gasteiger partial charge on any atom is 0.256 e. The van der Waals surface area contributed by atoms with Crippen molar-refractivity contribution in [3.63, 3.8) is 0 Å². The number of nitrogens with zero attached hydrogens (tertiary/aromatic N) is 3. The summed E-state index contributed by atoms with van der Waals surface area (Å²) in [5, 5.41) is 4.87. The van der Waals surface area contributed by atoms with Crippen LogP contribution in [0.4, 0.5) is 10.1 Å². The van der Waals surface area contributed by atoms with E-state index in [1.165, 1.54) is 6.07 Å². The lowest BCUT2D eigenvalue weighted by Crippen LogP contribution is -2.36. The van der Waals surface area contributed by atoms with Gasteiger partial charge in [0.1, 0.15) is 27.9 Å². The molecule has 3 aromatic carbocycles. The van der Waals surface area contributed by atoms with Crippen molar-refractivity contribution in [2.24, 2.45) is 0 Å². The van der Waals surface area contributed by atoms with Gasteiger partial charge < -0.3 is 28.8 Å². The van der Waals surface area contributed by atoms with Crippen LogP contribution in [0.15, 0.2) is 57.9 Å². The van der Waals surface area contributed by atoms with Crippen molar-refractivity contribution in [1.82, 2.24) is 14.8 Å². The molecule has 0 bridgehead atoms. The molecule has 0 unspecified atom stereocenters. The second-order valence-electron chi connectivity index (χ2n) is 11.9. The molecule has 3 aliphatic heterocycles. The third-order valence-corrected chi connectivity index (χ3v) is 9.18. The topological polar surface area (TPSA) is 80.0 Å². The highest BCUT2D eigenvalue weighted by Gasteiger charge is 2.31. The molecule has 8 rings (SSSR count). The van der Waals surface area contributed by atoms with Crippen LogP contribution in [-0.2, 0) is 0 Å². The molecule has 220 valence electrons. The molecule has 1 N–H and O–H groups in total. The van der Waals surface area contributed by atoms with Gasteiger partial charge in [0.05, 0.1) is 11.1 Å². The van der Waals surface area contributed by atoms with E-state index in [9.17, 15) is 9.59 Å². The van der Waals surface area contributed by atoms with Crippen LogP contribution in [0.25, 0.3) is 38.5 Å². The van der Waals surface area contributed by atoms with Crippen molar-refractivity contribution >= 4 is 44.4 Å². The summed E-state index contributed by atoms with van der Waals surface area (Å²) in [7, 11) is 0. The normalized spacial score (nSPS) is 16.9. The minimum Gasteiger partial charge on any atom is -0.456 e. The highest BCUT2D eigenvalue weighted by atomic mass is 19.1. The van der Waals surface area contributed by atoms with Crippen molar-refractivity contribution < 1.29 is 18.3 Å². The zero-order valence-electron chi connectivity index (χ0n) is 24.0. The first-order chi connectivity index (χ1) is 21.1. The van der Waals surface area contributed by atoms with Gasteiger partial charge in [-0.1, -0.05) is 31.0 Å². The van der Waals surface area contributed by atoms with Gasteiger partial charge in [-0.3, -0.25) is 9.59 Å². The van der Waals surface area contributed by atoms with Gasteiger partial charge in [0.25, 0.3) is 5.91 Å². The predicted molar refractivity (Wildman–Crippen MR) is 166 cm³/mol. The molecular weight excluding hydrogens is 547 g/mol. The van der Waals surface area contributed by atoms with Crippen LogP contribution < -0.4 is 20.4 Å². The van der Waals surface area contributed by atoms with Gasteiger partial charge in [0, 0.05) is 49.2 Å². The van der Waals surface area contributed by atoms with Crippen LogP contribution >= 0.6 is 0 Å². The number of amides is 1. The summed E-state index contributed by atoms with van der Waals surface area (Å²) in [5.74, 6) is -0.155. The molecule has 2 aromatic heterocycles. The molecule has 8 nitrogen and oxygen atoms in total. The Balaban J connectivity index is 1.31. The Morgan fingerprint density at radius 3 is 2.47 bits per heavy atom. The van der Waals surface area contributed by atoms with Gasteiger partial charge in [-0.15, -0.1) is 0 Å². The van der Waals surface area contributed by atoms with Gasteiger partial charge in [0.15, 0.2) is 17.3 Å². The van der Waals surface area contributed by atoms with Gasteiger partial charge in [-0.25, -0.2) is 4.39 Å². The molecule has 5 heterocycles. The second-order valence-corrected chi connectivity index (χ2v) is 11.9. The van der Waals surface area contributed by atoms with Gasteiger partial charge in [0.2, 0.25) is 5.43 Å². The lowest BCUT2D eigenvalue weighted by Gasteiger charge is -2.30. The first-order valence-corrected chi connectivity index (χ1v) is 15.4. The molecule has 3 aliphatic rings. The Bertz CT molecular complexity index is 1970. The number of furan rings is 1. The summed E-state index contributed by atoms with van der Waals surface area (Å²) in [6.45, 7) is 4.62. The summed E-state index contributed by atoms with van der Waals surface area (Å²) in [6, 6.07) is 12.9. The van der Waals surface area contributed by atoms with Crippen molar-refractivity contribution in [2.45, 2.75) is 38.5 Å². The number of para-hydroxylation sites is 1. The second kappa shape index (κ2) is 10.4. The number of benzene rings is 3. The number of likely N-dealkylation sites (tertiary alicyclic amines) is 1. The minimum absolute atomic E-state index is 0.0284. The van der Waals surface area contributed by atoms with Gasteiger partial charge >= 0.3 is 0 Å². The molecule has 1 amide bonds. The fourth-order valence-electron chi connectivity index (χ4n) is 7.00. The maximum atomic E-state index is 16.1. The van der Waals surface area contributed by atoms with Gasteiger partial charge in [-0.2, -0.15) is 0 Å². The number of nitrogens with one attached hydrogen (secondary N) is 1. The first kappa shape index (κ1) is 26.3. The van der Waals surface area contributed by atoms with Gasteiger partial charge in [-0.05, 0) is 57.0 Å².